The topological polar surface area (TPSA) is 83.4 Å². The highest BCUT2D eigenvalue weighted by atomic mass is 19.4. The Bertz CT molecular complexity index is 613. The lowest BCUT2D eigenvalue weighted by atomic mass is 10.1. The first-order valence-corrected chi connectivity index (χ1v) is 5.80. The van der Waals surface area contributed by atoms with E-state index in [0.717, 1.165) is 0 Å². The Kier molecular flexibility index (Phi) is 4.32. The van der Waals surface area contributed by atoms with Crippen molar-refractivity contribution in [3.05, 3.63) is 24.0 Å². The summed E-state index contributed by atoms with van der Waals surface area (Å²) in [6.45, 7) is -1.79. The number of nitrogens with two attached hydrogens (primary N) is 1. The number of aromatic nitrogens is 2. The van der Waals surface area contributed by atoms with Crippen LogP contribution in [0.1, 0.15) is 5.82 Å². The van der Waals surface area contributed by atoms with Crippen LogP contribution in [-0.2, 0) is 11.3 Å². The van der Waals surface area contributed by atoms with Gasteiger partial charge in [0.25, 0.3) is 5.89 Å². The number of ether oxygens (including phenoxy) is 2. The van der Waals surface area contributed by atoms with Gasteiger partial charge < -0.3 is 19.7 Å². The van der Waals surface area contributed by atoms with Gasteiger partial charge in [0.15, 0.2) is 5.82 Å². The van der Waals surface area contributed by atoms with Crippen LogP contribution in [0.5, 0.6) is 5.75 Å². The summed E-state index contributed by atoms with van der Waals surface area (Å²) in [4.78, 5) is 3.93. The highest BCUT2D eigenvalue weighted by Crippen LogP contribution is 2.28. The van der Waals surface area contributed by atoms with E-state index in [1.54, 1.807) is 18.2 Å². The van der Waals surface area contributed by atoms with Crippen molar-refractivity contribution >= 4 is 5.69 Å². The maximum absolute atomic E-state index is 11.9. The van der Waals surface area contributed by atoms with Gasteiger partial charge in [-0.1, -0.05) is 5.16 Å². The number of nitrogens with zero attached hydrogens (tertiary/aromatic N) is 2. The molecule has 1 aromatic heterocycles. The van der Waals surface area contributed by atoms with Gasteiger partial charge >= 0.3 is 6.18 Å². The van der Waals surface area contributed by atoms with Gasteiger partial charge in [-0.05, 0) is 18.2 Å². The largest absolute Gasteiger partial charge is 0.497 e. The van der Waals surface area contributed by atoms with Gasteiger partial charge in [-0.3, -0.25) is 0 Å². The molecular formula is C12H12F3N3O3. The fourth-order valence-electron chi connectivity index (χ4n) is 1.53. The van der Waals surface area contributed by atoms with E-state index < -0.39 is 19.4 Å². The summed E-state index contributed by atoms with van der Waals surface area (Å²) in [5, 5.41) is 3.53. The van der Waals surface area contributed by atoms with Gasteiger partial charge in [0.05, 0.1) is 12.7 Å². The normalized spacial score (nSPS) is 11.6. The van der Waals surface area contributed by atoms with Crippen LogP contribution in [-0.4, -0.2) is 30.0 Å². The molecule has 0 aliphatic heterocycles. The molecule has 0 saturated heterocycles. The number of hydrogen-bond donors (Lipinski definition) is 1. The zero-order valence-corrected chi connectivity index (χ0v) is 11.0. The van der Waals surface area contributed by atoms with E-state index in [1.807, 2.05) is 0 Å². The number of anilines is 1. The minimum Gasteiger partial charge on any atom is -0.497 e. The van der Waals surface area contributed by atoms with Crippen LogP contribution in [0.3, 0.4) is 0 Å². The Morgan fingerprint density at radius 1 is 1.33 bits per heavy atom. The van der Waals surface area contributed by atoms with Crippen LogP contribution in [0, 0.1) is 0 Å². The van der Waals surface area contributed by atoms with E-state index in [4.69, 9.17) is 15.0 Å². The molecule has 21 heavy (non-hydrogen) atoms. The fraction of sp³-hybridized carbons (Fsp3) is 0.333. The second-order valence-electron chi connectivity index (χ2n) is 4.08. The lowest BCUT2D eigenvalue weighted by Crippen LogP contribution is -2.16. The third kappa shape index (κ3) is 4.09. The molecule has 0 spiro atoms. The Morgan fingerprint density at radius 2 is 2.10 bits per heavy atom. The molecule has 0 aliphatic carbocycles. The minimum atomic E-state index is -4.40. The predicted molar refractivity (Wildman–Crippen MR) is 66.4 cm³/mol. The van der Waals surface area contributed by atoms with Crippen LogP contribution >= 0.6 is 0 Å². The molecule has 0 fully saturated rings. The van der Waals surface area contributed by atoms with Crippen LogP contribution in [0.2, 0.25) is 0 Å². The molecule has 0 unspecified atom stereocenters. The van der Waals surface area contributed by atoms with E-state index in [9.17, 15) is 13.2 Å². The number of methoxy groups -OCH3 is 1. The molecule has 0 aliphatic rings. The zero-order valence-electron chi connectivity index (χ0n) is 11.0. The van der Waals surface area contributed by atoms with Gasteiger partial charge in [-0.15, -0.1) is 0 Å². The van der Waals surface area contributed by atoms with Crippen molar-refractivity contribution in [2.45, 2.75) is 12.8 Å². The standard InChI is InChI=1S/C12H12F3N3O3/c1-19-7-2-3-9(16)8(4-7)11-17-10(18-21-11)5-20-6-12(13,14)15/h2-4H,5-6,16H2,1H3. The predicted octanol–water partition coefficient (Wildman–Crippen LogP) is 2.41. The Hall–Kier alpha value is -2.29. The second kappa shape index (κ2) is 6.00. The summed E-state index contributed by atoms with van der Waals surface area (Å²) >= 11 is 0. The molecule has 0 atom stereocenters. The zero-order chi connectivity index (χ0) is 15.5. The molecule has 0 bridgehead atoms. The molecule has 2 N–H and O–H groups in total. The number of hydrogen-bond acceptors (Lipinski definition) is 6. The van der Waals surface area contributed by atoms with Gasteiger partial charge in [-0.25, -0.2) is 0 Å². The summed E-state index contributed by atoms with van der Waals surface area (Å²) < 4.78 is 50.3. The first kappa shape index (κ1) is 15.1. The number of alkyl halides is 3. The van der Waals surface area contributed by atoms with Gasteiger partial charge in [0.2, 0.25) is 0 Å². The molecule has 0 saturated carbocycles. The summed E-state index contributed by atoms with van der Waals surface area (Å²) in [5.41, 5.74) is 6.59. The number of nitrogen functional groups attached to an aromatic ring is 1. The SMILES string of the molecule is COc1ccc(N)c(-c2nc(COCC(F)(F)F)no2)c1. The Balaban J connectivity index is 2.09. The van der Waals surface area contributed by atoms with Crippen molar-refractivity contribution in [2.24, 2.45) is 0 Å². The maximum Gasteiger partial charge on any atom is 0.411 e. The van der Waals surface area contributed by atoms with Crippen LogP contribution in [0.4, 0.5) is 18.9 Å². The molecule has 2 rings (SSSR count). The third-order valence-corrected chi connectivity index (χ3v) is 2.46. The fourth-order valence-corrected chi connectivity index (χ4v) is 1.53. The molecule has 6 nitrogen and oxygen atoms in total. The maximum atomic E-state index is 11.9. The van der Waals surface area contributed by atoms with Crippen molar-refractivity contribution in [3.8, 4) is 17.2 Å². The van der Waals surface area contributed by atoms with E-state index >= 15 is 0 Å². The smallest absolute Gasteiger partial charge is 0.411 e. The van der Waals surface area contributed by atoms with Gasteiger partial charge in [0.1, 0.15) is 19.0 Å². The van der Waals surface area contributed by atoms with E-state index in [0.29, 0.717) is 17.0 Å². The van der Waals surface area contributed by atoms with Crippen molar-refractivity contribution in [2.75, 3.05) is 19.5 Å². The summed E-state index contributed by atoms with van der Waals surface area (Å²) in [6.07, 6.45) is -4.40. The molecule has 0 amide bonds. The molecule has 1 heterocycles. The minimum absolute atomic E-state index is 0.00327. The van der Waals surface area contributed by atoms with Gasteiger partial charge in [-0.2, -0.15) is 18.2 Å². The summed E-state index contributed by atoms with van der Waals surface area (Å²) in [7, 11) is 1.49. The quantitative estimate of drug-likeness (QED) is 0.854. The second-order valence-corrected chi connectivity index (χ2v) is 4.08. The average Bonchev–Trinajstić information content (AvgIpc) is 2.86. The average molecular weight is 303 g/mol. The number of rotatable bonds is 5. The van der Waals surface area contributed by atoms with Crippen LogP contribution < -0.4 is 10.5 Å². The molecular weight excluding hydrogens is 291 g/mol. The van der Waals surface area contributed by atoms with Gasteiger partial charge in [0, 0.05) is 5.69 Å². The Labute approximate surface area is 117 Å². The van der Waals surface area contributed by atoms with Crippen molar-refractivity contribution in [1.82, 2.24) is 10.1 Å². The first-order valence-electron chi connectivity index (χ1n) is 5.80. The number of halogens is 3. The lowest BCUT2D eigenvalue weighted by molar-refractivity contribution is -0.177. The van der Waals surface area contributed by atoms with E-state index in [1.165, 1.54) is 7.11 Å². The van der Waals surface area contributed by atoms with E-state index in [2.05, 4.69) is 14.9 Å². The third-order valence-electron chi connectivity index (χ3n) is 2.46. The van der Waals surface area contributed by atoms with Crippen LogP contribution in [0.25, 0.3) is 11.5 Å². The Morgan fingerprint density at radius 3 is 2.76 bits per heavy atom. The van der Waals surface area contributed by atoms with E-state index in [-0.39, 0.29) is 11.7 Å². The molecule has 9 heteroatoms. The monoisotopic (exact) mass is 303 g/mol. The highest BCUT2D eigenvalue weighted by Gasteiger charge is 2.27. The van der Waals surface area contributed by atoms with Crippen LogP contribution in [0.15, 0.2) is 22.7 Å². The summed E-state index contributed by atoms with van der Waals surface area (Å²) in [5.74, 6) is 0.612. The lowest BCUT2D eigenvalue weighted by Gasteiger charge is -2.05. The molecule has 2 aromatic rings. The molecule has 0 radical (unpaired) electrons. The van der Waals surface area contributed by atoms with Crippen molar-refractivity contribution < 1.29 is 27.2 Å². The van der Waals surface area contributed by atoms with Crippen molar-refractivity contribution in [3.63, 3.8) is 0 Å². The van der Waals surface area contributed by atoms with Crippen molar-refractivity contribution in [1.29, 1.82) is 0 Å². The highest BCUT2D eigenvalue weighted by molar-refractivity contribution is 5.72. The number of benzene rings is 1. The molecule has 114 valence electrons. The summed E-state index contributed by atoms with van der Waals surface area (Å²) in [6, 6.07) is 4.84. The first-order chi connectivity index (χ1) is 9.89. The molecule has 1 aromatic carbocycles.